The molecule has 0 atom stereocenters. The van der Waals surface area contributed by atoms with Crippen LogP contribution in [-0.4, -0.2) is 23.7 Å². The second-order valence-electron chi connectivity index (χ2n) is 0. The van der Waals surface area contributed by atoms with Gasteiger partial charge in [-0.15, -0.1) is 0 Å². The first-order chi connectivity index (χ1) is 1.00. The Labute approximate surface area is 67.9 Å². The van der Waals surface area contributed by atoms with Gasteiger partial charge in [0, 0.05) is 36.5 Å². The van der Waals surface area contributed by atoms with Gasteiger partial charge in [0.05, 0.1) is 0 Å². The van der Waals surface area contributed by atoms with Crippen LogP contribution in [0.15, 0.2) is 0 Å². The molecule has 0 aromatic heterocycles. The van der Waals surface area contributed by atoms with Crippen LogP contribution in [-0.2, 0) is 36.5 Å². The quantitative estimate of drug-likeness (QED) is 0.553. The van der Waals surface area contributed by atoms with E-state index < -0.39 is 0 Å². The predicted octanol–water partition coefficient (Wildman–Crippen LogP) is 0.262. The van der Waals surface area contributed by atoms with Gasteiger partial charge in [-0.1, -0.05) is 0 Å². The number of rotatable bonds is 0. The zero-order chi connectivity index (χ0) is 2.00. The van der Waals surface area contributed by atoms with Crippen LogP contribution >= 0.6 is 8.65 Å². The minimum absolute atomic E-state index is 0. The molecule has 23 valence electrons. The molecule has 0 aliphatic rings. The first kappa shape index (κ1) is 16.3. The third-order valence-corrected chi connectivity index (χ3v) is 0. The fraction of sp³-hybridized carbons (Fsp3) is 0. The van der Waals surface area contributed by atoms with Crippen molar-refractivity contribution in [3.8, 4) is 0 Å². The molecule has 4 heteroatoms. The number of hydrogen-bond acceptors (Lipinski definition) is 1. The topological polar surface area (TPSA) is 0 Å². The summed E-state index contributed by atoms with van der Waals surface area (Å²) in [5.74, 6) is 0. The van der Waals surface area contributed by atoms with Crippen LogP contribution in [0, 0.1) is 0 Å². The van der Waals surface area contributed by atoms with Gasteiger partial charge < -0.3 is 0 Å². The minimum atomic E-state index is 0. The second kappa shape index (κ2) is 18.6. The number of hydrogen-bond donors (Lipinski definition) is 0. The Bertz CT molecular complexity index is 8.00. The molecule has 0 aromatic rings. The van der Waals surface area contributed by atoms with E-state index in [-0.39, 0.29) is 36.5 Å². The third-order valence-electron chi connectivity index (χ3n) is 0. The Morgan fingerprint density at radius 3 is 1.25 bits per heavy atom. The molecule has 0 nitrogen and oxygen atoms in total. The van der Waals surface area contributed by atoms with Crippen molar-refractivity contribution in [2.24, 2.45) is 0 Å². The second-order valence-corrected chi connectivity index (χ2v) is 0. The minimum Gasteiger partial charge on any atom is 0 e. The first-order valence-electron chi connectivity index (χ1n) is 0.204. The Balaban J connectivity index is -0.00000000500. The molecule has 0 saturated heterocycles. The van der Waals surface area contributed by atoms with E-state index in [9.17, 15) is 0 Å². The molecule has 0 rings (SSSR count). The van der Waals surface area contributed by atoms with Crippen molar-refractivity contribution >= 4 is 32.3 Å². The molecule has 0 aromatic carbocycles. The van der Waals surface area contributed by atoms with Crippen molar-refractivity contribution in [3.05, 3.63) is 0 Å². The van der Waals surface area contributed by atoms with E-state index in [1.165, 1.54) is 0 Å². The van der Waals surface area contributed by atoms with Crippen molar-refractivity contribution in [2.45, 2.75) is 0 Å². The van der Waals surface area contributed by atoms with Gasteiger partial charge in [-0.3, -0.25) is 0 Å². The van der Waals surface area contributed by atoms with Gasteiger partial charge in [-0.25, -0.2) is 0 Å². The SMILES string of the molecule is [Cu].[S]=[Pb].[Zn]. The van der Waals surface area contributed by atoms with E-state index in [2.05, 4.69) is 8.65 Å². The van der Waals surface area contributed by atoms with Crippen LogP contribution in [0.2, 0.25) is 0 Å². The summed E-state index contributed by atoms with van der Waals surface area (Å²) in [5.41, 5.74) is 0. The van der Waals surface area contributed by atoms with E-state index in [4.69, 9.17) is 0 Å². The Kier molecular flexibility index (Phi) is 75.6. The molecule has 3 radical (unpaired) electrons. The molecule has 0 aliphatic carbocycles. The molecule has 0 bridgehead atoms. The Morgan fingerprint density at radius 2 is 1.25 bits per heavy atom. The summed E-state index contributed by atoms with van der Waals surface area (Å²) >= 11 is 0.889. The van der Waals surface area contributed by atoms with Gasteiger partial charge in [0.15, 0.2) is 0 Å². The summed E-state index contributed by atoms with van der Waals surface area (Å²) in [5, 5.41) is 0. The van der Waals surface area contributed by atoms with Crippen LogP contribution in [0.1, 0.15) is 0 Å². The molecule has 0 amide bonds. The first-order valence-corrected chi connectivity index (χ1v) is 5.37. The summed E-state index contributed by atoms with van der Waals surface area (Å²) in [6, 6.07) is 0. The zero-order valence-corrected chi connectivity index (χ0v) is 10.5. The molecule has 0 heterocycles. The van der Waals surface area contributed by atoms with Crippen molar-refractivity contribution in [1.82, 2.24) is 0 Å². The normalized spacial score (nSPS) is 1.00. The summed E-state index contributed by atoms with van der Waals surface area (Å²) in [6.45, 7) is 0. The average molecular weight is 368 g/mol. The van der Waals surface area contributed by atoms with E-state index in [0.717, 1.165) is 23.7 Å². The smallest absolute Gasteiger partial charge is 0 e. The molecule has 0 unspecified atom stereocenters. The summed E-state index contributed by atoms with van der Waals surface area (Å²) < 4.78 is 0. The van der Waals surface area contributed by atoms with Crippen LogP contribution in [0.5, 0.6) is 0 Å². The van der Waals surface area contributed by atoms with Gasteiger partial charge in [-0.05, 0) is 0 Å². The van der Waals surface area contributed by atoms with Gasteiger partial charge in [0.25, 0.3) is 0 Å². The largest absolute Gasteiger partial charge is 0 e. The van der Waals surface area contributed by atoms with Crippen LogP contribution in [0.25, 0.3) is 0 Å². The summed E-state index contributed by atoms with van der Waals surface area (Å²) in [6.07, 6.45) is 0. The fourth-order valence-electron chi connectivity index (χ4n) is 0. The standard InChI is InChI=1S/Cu.Pb.S.Zn. The van der Waals surface area contributed by atoms with Crippen LogP contribution in [0.3, 0.4) is 0 Å². The molecular formula is CuPbSZn. The third kappa shape index (κ3) is 8.86. The van der Waals surface area contributed by atoms with E-state index in [0.29, 0.717) is 0 Å². The molecule has 0 aliphatic heterocycles. The molecule has 0 saturated carbocycles. The molecule has 0 spiro atoms. The van der Waals surface area contributed by atoms with E-state index in [1.54, 1.807) is 0 Å². The van der Waals surface area contributed by atoms with Crippen molar-refractivity contribution in [1.29, 1.82) is 0 Å². The summed E-state index contributed by atoms with van der Waals surface area (Å²) in [4.78, 5) is 0. The average Bonchev–Trinajstić information content (AvgIpc) is 1.00. The maximum absolute atomic E-state index is 4.22. The maximum Gasteiger partial charge on any atom is 0 e. The van der Waals surface area contributed by atoms with E-state index >= 15 is 0 Å². The predicted molar refractivity (Wildman–Crippen MR) is 13.3 cm³/mol. The van der Waals surface area contributed by atoms with Gasteiger partial charge in [0.1, 0.15) is 0 Å². The van der Waals surface area contributed by atoms with Crippen LogP contribution < -0.4 is 0 Å². The Hall–Kier alpha value is 2.28. The van der Waals surface area contributed by atoms with Crippen LogP contribution in [0.4, 0.5) is 0 Å². The molecule has 0 fully saturated rings. The fourth-order valence-corrected chi connectivity index (χ4v) is 0. The molecule has 4 heavy (non-hydrogen) atoms. The molecule has 0 N–H and O–H groups in total. The van der Waals surface area contributed by atoms with Gasteiger partial charge in [-0.2, -0.15) is 0 Å². The summed E-state index contributed by atoms with van der Waals surface area (Å²) in [7, 11) is 4.22. The zero-order valence-electron chi connectivity index (χ0n) is 1.92. The monoisotopic (exact) mass is 367 g/mol. The van der Waals surface area contributed by atoms with Crippen molar-refractivity contribution < 1.29 is 36.5 Å². The Morgan fingerprint density at radius 1 is 1.25 bits per heavy atom. The van der Waals surface area contributed by atoms with Gasteiger partial charge >= 0.3 is 32.3 Å². The van der Waals surface area contributed by atoms with E-state index in [1.807, 2.05) is 0 Å². The van der Waals surface area contributed by atoms with Crippen molar-refractivity contribution in [2.75, 3.05) is 0 Å². The van der Waals surface area contributed by atoms with Gasteiger partial charge in [0.2, 0.25) is 0 Å². The molecular weight excluding hydrogens is 368 g/mol. The maximum atomic E-state index is 4.22. The van der Waals surface area contributed by atoms with Crippen molar-refractivity contribution in [3.63, 3.8) is 0 Å².